The fourth-order valence-corrected chi connectivity index (χ4v) is 3.99. The van der Waals surface area contributed by atoms with E-state index in [0.29, 0.717) is 23.8 Å². The van der Waals surface area contributed by atoms with E-state index in [-0.39, 0.29) is 23.7 Å². The minimum absolute atomic E-state index is 0.0759. The predicted octanol–water partition coefficient (Wildman–Crippen LogP) is 2.36. The summed E-state index contributed by atoms with van der Waals surface area (Å²) < 4.78 is 4.71. The standard InChI is InChI=1S/C19H26BNO4/c1-12(13-4-6-14(7-5-13)19(23)25-3)8-18(22)17-10-15-9-16(15)11-21(17)20(2)24/h4-7,12,15-17,24H,8-11H2,1-3H3/t12-,15?,16?,17-/m1/s1. The number of carbonyl (C=O) groups excluding carboxylic acids is 2. The second-order valence-corrected chi connectivity index (χ2v) is 7.52. The lowest BCUT2D eigenvalue weighted by atomic mass is 9.78. The Balaban J connectivity index is 1.64. The summed E-state index contributed by atoms with van der Waals surface area (Å²) in [4.78, 5) is 26.3. The molecule has 0 bridgehead atoms. The molecule has 1 aliphatic heterocycles. The van der Waals surface area contributed by atoms with Crippen LogP contribution in [0.4, 0.5) is 0 Å². The molecule has 4 atom stereocenters. The highest BCUT2D eigenvalue weighted by Crippen LogP contribution is 2.47. The number of methoxy groups -OCH3 is 1. The number of ether oxygens (including phenoxy) is 1. The number of fused-ring (bicyclic) bond motifs is 1. The third kappa shape index (κ3) is 3.96. The van der Waals surface area contributed by atoms with Gasteiger partial charge in [0.15, 0.2) is 0 Å². The van der Waals surface area contributed by atoms with E-state index in [9.17, 15) is 14.6 Å². The Hall–Kier alpha value is -1.66. The highest BCUT2D eigenvalue weighted by Gasteiger charge is 2.49. The number of hydrogen-bond acceptors (Lipinski definition) is 5. The van der Waals surface area contributed by atoms with Crippen molar-refractivity contribution < 1.29 is 19.3 Å². The van der Waals surface area contributed by atoms with Crippen LogP contribution in [0.25, 0.3) is 0 Å². The number of esters is 1. The molecule has 0 amide bonds. The number of Topliss-reactive ketones (excluding diaryl/α,β-unsaturated/α-hetero) is 1. The topological polar surface area (TPSA) is 66.8 Å². The summed E-state index contributed by atoms with van der Waals surface area (Å²) >= 11 is 0. The van der Waals surface area contributed by atoms with Gasteiger partial charge in [0.1, 0.15) is 5.78 Å². The molecule has 1 saturated heterocycles. The third-order valence-electron chi connectivity index (χ3n) is 5.70. The highest BCUT2D eigenvalue weighted by molar-refractivity contribution is 6.45. The Bertz CT molecular complexity index is 645. The van der Waals surface area contributed by atoms with Crippen LogP contribution in [0.5, 0.6) is 0 Å². The average molecular weight is 343 g/mol. The van der Waals surface area contributed by atoms with Crippen molar-refractivity contribution in [3.05, 3.63) is 35.4 Å². The van der Waals surface area contributed by atoms with Crippen LogP contribution in [0.2, 0.25) is 6.82 Å². The van der Waals surface area contributed by atoms with E-state index < -0.39 is 7.05 Å². The second-order valence-electron chi connectivity index (χ2n) is 7.52. The van der Waals surface area contributed by atoms with E-state index in [1.165, 1.54) is 13.5 Å². The fraction of sp³-hybridized carbons (Fsp3) is 0.579. The van der Waals surface area contributed by atoms with Gasteiger partial charge < -0.3 is 14.6 Å². The lowest BCUT2D eigenvalue weighted by Crippen LogP contribution is -2.52. The molecule has 0 spiro atoms. The zero-order valence-corrected chi connectivity index (χ0v) is 15.1. The maximum atomic E-state index is 12.9. The SMILES string of the molecule is COC(=O)c1ccc([C@H](C)CC(=O)[C@H]2CC3CC3CN2B(C)O)cc1. The van der Waals surface area contributed by atoms with Gasteiger partial charge in [-0.05, 0) is 61.7 Å². The zero-order valence-electron chi connectivity index (χ0n) is 15.1. The molecule has 3 rings (SSSR count). The van der Waals surface area contributed by atoms with Crippen LogP contribution in [0.15, 0.2) is 24.3 Å². The van der Waals surface area contributed by atoms with Crippen LogP contribution in [0.1, 0.15) is 48.0 Å². The summed E-state index contributed by atoms with van der Waals surface area (Å²) in [5.41, 5.74) is 1.54. The van der Waals surface area contributed by atoms with Gasteiger partial charge in [0.25, 0.3) is 0 Å². The Morgan fingerprint density at radius 3 is 2.56 bits per heavy atom. The van der Waals surface area contributed by atoms with Crippen molar-refractivity contribution in [2.24, 2.45) is 11.8 Å². The molecule has 1 N–H and O–H groups in total. The number of hydrogen-bond donors (Lipinski definition) is 1. The van der Waals surface area contributed by atoms with E-state index in [0.717, 1.165) is 18.5 Å². The summed E-state index contributed by atoms with van der Waals surface area (Å²) in [7, 11) is 0.783. The van der Waals surface area contributed by atoms with E-state index >= 15 is 0 Å². The van der Waals surface area contributed by atoms with Crippen LogP contribution >= 0.6 is 0 Å². The third-order valence-corrected chi connectivity index (χ3v) is 5.70. The average Bonchev–Trinajstić information content (AvgIpc) is 3.38. The van der Waals surface area contributed by atoms with Crippen LogP contribution in [0.3, 0.4) is 0 Å². The first-order valence-electron chi connectivity index (χ1n) is 9.05. The minimum Gasteiger partial charge on any atom is -0.465 e. The minimum atomic E-state index is -0.579. The van der Waals surface area contributed by atoms with E-state index in [1.807, 2.05) is 23.9 Å². The molecule has 25 heavy (non-hydrogen) atoms. The Labute approximate surface area is 149 Å². The largest absolute Gasteiger partial charge is 0.465 e. The first-order valence-corrected chi connectivity index (χ1v) is 9.05. The molecule has 1 aromatic carbocycles. The summed E-state index contributed by atoms with van der Waals surface area (Å²) in [5, 5.41) is 10.0. The summed E-state index contributed by atoms with van der Waals surface area (Å²) in [6.07, 6.45) is 2.52. The van der Waals surface area contributed by atoms with Crippen molar-refractivity contribution in [3.8, 4) is 0 Å². The normalized spacial score (nSPS) is 26.5. The predicted molar refractivity (Wildman–Crippen MR) is 96.4 cm³/mol. The number of piperidine rings is 1. The summed E-state index contributed by atoms with van der Waals surface area (Å²) in [5.74, 6) is 1.26. The molecule has 134 valence electrons. The molecule has 2 unspecified atom stereocenters. The van der Waals surface area contributed by atoms with Crippen molar-refractivity contribution >= 4 is 18.8 Å². The van der Waals surface area contributed by atoms with Crippen LogP contribution in [0, 0.1) is 11.8 Å². The van der Waals surface area contributed by atoms with Gasteiger partial charge >= 0.3 is 13.0 Å². The Kier molecular flexibility index (Phi) is 5.30. The number of nitrogens with zero attached hydrogens (tertiary/aromatic N) is 1. The lowest BCUT2D eigenvalue weighted by Gasteiger charge is -2.35. The summed E-state index contributed by atoms with van der Waals surface area (Å²) in [6.45, 7) is 4.61. The zero-order chi connectivity index (χ0) is 18.1. The van der Waals surface area contributed by atoms with Gasteiger partial charge in [-0.25, -0.2) is 4.79 Å². The molecule has 6 heteroatoms. The molecule has 0 radical (unpaired) electrons. The fourth-order valence-electron chi connectivity index (χ4n) is 3.99. The van der Waals surface area contributed by atoms with Gasteiger partial charge in [-0.1, -0.05) is 19.1 Å². The molecule has 5 nitrogen and oxygen atoms in total. The lowest BCUT2D eigenvalue weighted by molar-refractivity contribution is -0.124. The second kappa shape index (κ2) is 7.30. The number of rotatable bonds is 6. The van der Waals surface area contributed by atoms with Crippen molar-refractivity contribution in [2.45, 2.75) is 45.0 Å². The van der Waals surface area contributed by atoms with Crippen molar-refractivity contribution in [1.29, 1.82) is 0 Å². The van der Waals surface area contributed by atoms with Gasteiger partial charge in [0, 0.05) is 6.42 Å². The van der Waals surface area contributed by atoms with Crippen LogP contribution < -0.4 is 0 Å². The molecule has 2 fully saturated rings. The van der Waals surface area contributed by atoms with Crippen molar-refractivity contribution in [1.82, 2.24) is 4.81 Å². The summed E-state index contributed by atoms with van der Waals surface area (Å²) in [6, 6.07) is 7.07. The van der Waals surface area contributed by atoms with Crippen LogP contribution in [-0.2, 0) is 9.53 Å². The quantitative estimate of drug-likeness (QED) is 0.634. The van der Waals surface area contributed by atoms with Crippen molar-refractivity contribution in [2.75, 3.05) is 13.7 Å². The maximum Gasteiger partial charge on any atom is 0.377 e. The van der Waals surface area contributed by atoms with Crippen LogP contribution in [-0.4, -0.2) is 48.3 Å². The van der Waals surface area contributed by atoms with E-state index in [4.69, 9.17) is 4.74 Å². The molecular weight excluding hydrogens is 317 g/mol. The van der Waals surface area contributed by atoms with Gasteiger partial charge in [-0.15, -0.1) is 0 Å². The number of carbonyl (C=O) groups is 2. The first kappa shape index (κ1) is 18.1. The van der Waals surface area contributed by atoms with Gasteiger partial charge in [-0.3, -0.25) is 4.79 Å². The maximum absolute atomic E-state index is 12.9. The molecule has 1 aromatic rings. The molecule has 0 aromatic heterocycles. The number of ketones is 1. The molecule has 2 aliphatic rings. The number of benzene rings is 1. The van der Waals surface area contributed by atoms with Gasteiger partial charge in [-0.2, -0.15) is 0 Å². The van der Waals surface area contributed by atoms with E-state index in [1.54, 1.807) is 19.0 Å². The molecule has 1 saturated carbocycles. The first-order chi connectivity index (χ1) is 11.9. The monoisotopic (exact) mass is 343 g/mol. The highest BCUT2D eigenvalue weighted by atomic mass is 16.5. The van der Waals surface area contributed by atoms with Crippen molar-refractivity contribution in [3.63, 3.8) is 0 Å². The smallest absolute Gasteiger partial charge is 0.377 e. The molecule has 1 heterocycles. The Morgan fingerprint density at radius 2 is 1.96 bits per heavy atom. The molecular formula is C19H26BNO4. The molecule has 1 aliphatic carbocycles. The van der Waals surface area contributed by atoms with Gasteiger partial charge in [0.05, 0.1) is 18.7 Å². The Morgan fingerprint density at radius 1 is 1.28 bits per heavy atom. The van der Waals surface area contributed by atoms with E-state index in [2.05, 4.69) is 0 Å². The van der Waals surface area contributed by atoms with Gasteiger partial charge in [0.2, 0.25) is 0 Å².